The first-order chi connectivity index (χ1) is 9.22. The summed E-state index contributed by atoms with van der Waals surface area (Å²) >= 11 is 0. The van der Waals surface area contributed by atoms with Gasteiger partial charge in [0.1, 0.15) is 11.9 Å². The van der Waals surface area contributed by atoms with Gasteiger partial charge in [0.15, 0.2) is 0 Å². The summed E-state index contributed by atoms with van der Waals surface area (Å²) in [6.45, 7) is 4.00. The molecule has 104 valence electrons. The van der Waals surface area contributed by atoms with Crippen LogP contribution in [0.2, 0.25) is 0 Å². The van der Waals surface area contributed by atoms with Crippen molar-refractivity contribution in [2.24, 2.45) is 0 Å². The third-order valence-electron chi connectivity index (χ3n) is 2.61. The number of hydrogen-bond donors (Lipinski definition) is 0. The molecule has 0 saturated heterocycles. The monoisotopic (exact) mass is 262 g/mol. The van der Waals surface area contributed by atoms with Crippen molar-refractivity contribution in [1.29, 1.82) is 0 Å². The molecule has 1 unspecified atom stereocenters. The minimum atomic E-state index is -0.670. The Balaban J connectivity index is 2.24. The van der Waals surface area contributed by atoms with E-state index in [4.69, 9.17) is 9.47 Å². The lowest BCUT2D eigenvalue weighted by atomic mass is 10.2. The van der Waals surface area contributed by atoms with Gasteiger partial charge in [-0.2, -0.15) is 0 Å². The van der Waals surface area contributed by atoms with Gasteiger partial charge >= 0.3 is 6.16 Å². The maximum atomic E-state index is 11.5. The van der Waals surface area contributed by atoms with E-state index in [1.165, 1.54) is 19.3 Å². The van der Waals surface area contributed by atoms with Crippen LogP contribution in [-0.4, -0.2) is 12.3 Å². The molecule has 0 bridgehead atoms. The predicted octanol–water partition coefficient (Wildman–Crippen LogP) is 4.73. The van der Waals surface area contributed by atoms with Gasteiger partial charge in [0, 0.05) is 0 Å². The largest absolute Gasteiger partial charge is 0.514 e. The third kappa shape index (κ3) is 7.29. The van der Waals surface area contributed by atoms with Gasteiger partial charge in [-0.05, 0) is 38.0 Å². The lowest BCUT2D eigenvalue weighted by Crippen LogP contribution is -2.16. The summed E-state index contributed by atoms with van der Waals surface area (Å²) in [4.78, 5) is 11.5. The second-order valence-electron chi connectivity index (χ2n) is 4.41. The van der Waals surface area contributed by atoms with Crippen molar-refractivity contribution in [3.05, 3.63) is 42.5 Å². The number of carbonyl (C=O) groups is 1. The molecule has 3 heteroatoms. The second-order valence-corrected chi connectivity index (χ2v) is 4.41. The van der Waals surface area contributed by atoms with E-state index in [9.17, 15) is 4.79 Å². The zero-order chi connectivity index (χ0) is 13.9. The van der Waals surface area contributed by atoms with E-state index in [1.807, 2.05) is 19.1 Å². The van der Waals surface area contributed by atoms with Gasteiger partial charge in [-0.25, -0.2) is 4.79 Å². The van der Waals surface area contributed by atoms with E-state index in [0.717, 1.165) is 6.42 Å². The molecule has 0 aliphatic heterocycles. The number of para-hydroxylation sites is 1. The van der Waals surface area contributed by atoms with Gasteiger partial charge < -0.3 is 9.47 Å². The number of benzene rings is 1. The average molecular weight is 262 g/mol. The standard InChI is InChI=1S/C16H22O3/c1-3-4-5-6-8-11-14(2)18-16(17)19-15-12-9-7-10-13-15/h7-14H,3-6H2,1-2H3/b11-8+. The van der Waals surface area contributed by atoms with E-state index in [1.54, 1.807) is 24.3 Å². The molecule has 1 rings (SSSR count). The molecule has 1 aromatic carbocycles. The van der Waals surface area contributed by atoms with Crippen LogP contribution in [0.4, 0.5) is 4.79 Å². The number of unbranched alkanes of at least 4 members (excludes halogenated alkanes) is 3. The lowest BCUT2D eigenvalue weighted by Gasteiger charge is -2.09. The first-order valence-electron chi connectivity index (χ1n) is 6.82. The average Bonchev–Trinajstić information content (AvgIpc) is 2.39. The Morgan fingerprint density at radius 1 is 1.26 bits per heavy atom. The summed E-state index contributed by atoms with van der Waals surface area (Å²) < 4.78 is 10.1. The molecule has 0 aromatic heterocycles. The maximum Gasteiger partial charge on any atom is 0.514 e. The smallest absolute Gasteiger partial charge is 0.427 e. The van der Waals surface area contributed by atoms with Gasteiger partial charge in [-0.3, -0.25) is 0 Å². The van der Waals surface area contributed by atoms with E-state index >= 15 is 0 Å². The number of ether oxygens (including phenoxy) is 2. The molecular weight excluding hydrogens is 240 g/mol. The Bertz CT molecular complexity index is 384. The molecule has 0 saturated carbocycles. The zero-order valence-corrected chi connectivity index (χ0v) is 11.7. The van der Waals surface area contributed by atoms with Crippen LogP contribution in [0.5, 0.6) is 5.75 Å². The number of carbonyl (C=O) groups excluding carboxylic acids is 1. The fraction of sp³-hybridized carbons (Fsp3) is 0.438. The Morgan fingerprint density at radius 3 is 2.68 bits per heavy atom. The van der Waals surface area contributed by atoms with Crippen LogP contribution in [0, 0.1) is 0 Å². The quantitative estimate of drug-likeness (QED) is 0.308. The van der Waals surface area contributed by atoms with Crippen LogP contribution in [0.3, 0.4) is 0 Å². The van der Waals surface area contributed by atoms with Gasteiger partial charge in [0.05, 0.1) is 0 Å². The minimum absolute atomic E-state index is 0.266. The Morgan fingerprint density at radius 2 is 2.00 bits per heavy atom. The first-order valence-corrected chi connectivity index (χ1v) is 6.82. The summed E-state index contributed by atoms with van der Waals surface area (Å²) in [5, 5.41) is 0. The van der Waals surface area contributed by atoms with Crippen LogP contribution in [0.25, 0.3) is 0 Å². The van der Waals surface area contributed by atoms with Crippen molar-refractivity contribution < 1.29 is 14.3 Å². The summed E-state index contributed by atoms with van der Waals surface area (Å²) in [7, 11) is 0. The Hall–Kier alpha value is -1.77. The molecule has 1 aromatic rings. The van der Waals surface area contributed by atoms with Crippen molar-refractivity contribution >= 4 is 6.16 Å². The van der Waals surface area contributed by atoms with Crippen LogP contribution < -0.4 is 4.74 Å². The molecule has 1 atom stereocenters. The van der Waals surface area contributed by atoms with Crippen molar-refractivity contribution in [2.45, 2.75) is 45.6 Å². The van der Waals surface area contributed by atoms with Gasteiger partial charge in [-0.1, -0.05) is 44.0 Å². The van der Waals surface area contributed by atoms with Crippen LogP contribution in [-0.2, 0) is 4.74 Å². The maximum absolute atomic E-state index is 11.5. The molecule has 0 aliphatic carbocycles. The highest BCUT2D eigenvalue weighted by atomic mass is 16.7. The van der Waals surface area contributed by atoms with E-state index < -0.39 is 6.16 Å². The summed E-state index contributed by atoms with van der Waals surface area (Å²) in [5.74, 6) is 0.492. The van der Waals surface area contributed by atoms with Crippen molar-refractivity contribution in [3.8, 4) is 5.75 Å². The Kier molecular flexibility index (Phi) is 7.40. The number of rotatable bonds is 7. The molecule has 0 heterocycles. The third-order valence-corrected chi connectivity index (χ3v) is 2.61. The van der Waals surface area contributed by atoms with E-state index in [-0.39, 0.29) is 6.10 Å². The number of allylic oxidation sites excluding steroid dienone is 1. The topological polar surface area (TPSA) is 35.5 Å². The Labute approximate surface area is 115 Å². The molecule has 0 radical (unpaired) electrons. The highest BCUT2D eigenvalue weighted by Crippen LogP contribution is 2.10. The van der Waals surface area contributed by atoms with Gasteiger partial charge in [0.2, 0.25) is 0 Å². The fourth-order valence-electron chi connectivity index (χ4n) is 1.60. The van der Waals surface area contributed by atoms with E-state index in [2.05, 4.69) is 13.0 Å². The van der Waals surface area contributed by atoms with Gasteiger partial charge in [0.25, 0.3) is 0 Å². The van der Waals surface area contributed by atoms with Crippen LogP contribution in [0.15, 0.2) is 42.5 Å². The lowest BCUT2D eigenvalue weighted by molar-refractivity contribution is 0.0823. The van der Waals surface area contributed by atoms with Crippen LogP contribution >= 0.6 is 0 Å². The second kappa shape index (κ2) is 9.20. The summed E-state index contributed by atoms with van der Waals surface area (Å²) in [6, 6.07) is 8.90. The molecule has 0 aliphatic rings. The summed E-state index contributed by atoms with van der Waals surface area (Å²) in [5.41, 5.74) is 0. The summed E-state index contributed by atoms with van der Waals surface area (Å²) in [6.07, 6.45) is 7.65. The van der Waals surface area contributed by atoms with E-state index in [0.29, 0.717) is 5.75 Å². The zero-order valence-electron chi connectivity index (χ0n) is 11.7. The molecule has 0 fully saturated rings. The van der Waals surface area contributed by atoms with Crippen LogP contribution in [0.1, 0.15) is 39.5 Å². The molecular formula is C16H22O3. The van der Waals surface area contributed by atoms with Crippen molar-refractivity contribution in [2.75, 3.05) is 0 Å². The molecule has 19 heavy (non-hydrogen) atoms. The fourth-order valence-corrected chi connectivity index (χ4v) is 1.60. The SMILES string of the molecule is CCCCC/C=C/C(C)OC(=O)Oc1ccccc1. The molecule has 0 N–H and O–H groups in total. The highest BCUT2D eigenvalue weighted by Gasteiger charge is 2.08. The first kappa shape index (κ1) is 15.3. The number of hydrogen-bond acceptors (Lipinski definition) is 3. The predicted molar refractivity (Wildman–Crippen MR) is 76.3 cm³/mol. The van der Waals surface area contributed by atoms with Gasteiger partial charge in [-0.15, -0.1) is 0 Å². The van der Waals surface area contributed by atoms with Crippen molar-refractivity contribution in [3.63, 3.8) is 0 Å². The minimum Gasteiger partial charge on any atom is -0.427 e. The highest BCUT2D eigenvalue weighted by molar-refractivity contribution is 5.64. The molecule has 0 spiro atoms. The molecule has 3 nitrogen and oxygen atoms in total. The normalized spacial score (nSPS) is 12.3. The van der Waals surface area contributed by atoms with Crippen molar-refractivity contribution in [1.82, 2.24) is 0 Å². The molecule has 0 amide bonds.